The normalized spacial score (nSPS) is 13.6. The summed E-state index contributed by atoms with van der Waals surface area (Å²) in [6.07, 6.45) is 2.27. The number of guanidine groups is 1. The van der Waals surface area contributed by atoms with Crippen LogP contribution in [-0.4, -0.2) is 103 Å². The standard InChI is InChI=1S/C17H39N5O2/c1-7-24-16(9-12-21(3)4)15-20-17(18-2)19-10-13-22(5)11-8-14-23-6/h16H,7-15H2,1-6H3,(H2,18,19,20). The number of likely N-dealkylation sites (N-methyl/N-ethyl adjacent to an activating group) is 1. The molecule has 1 atom stereocenters. The van der Waals surface area contributed by atoms with E-state index in [0.29, 0.717) is 0 Å². The van der Waals surface area contributed by atoms with Gasteiger partial charge in [0, 0.05) is 60.1 Å². The smallest absolute Gasteiger partial charge is 0.191 e. The summed E-state index contributed by atoms with van der Waals surface area (Å²) in [5.74, 6) is 0.829. The number of nitrogens with one attached hydrogen (secondary N) is 2. The van der Waals surface area contributed by atoms with E-state index < -0.39 is 0 Å². The molecule has 144 valence electrons. The van der Waals surface area contributed by atoms with Gasteiger partial charge in [0.25, 0.3) is 0 Å². The molecule has 0 saturated carbocycles. The summed E-state index contributed by atoms with van der Waals surface area (Å²) in [7, 11) is 9.83. The van der Waals surface area contributed by atoms with E-state index in [1.165, 1.54) is 0 Å². The zero-order valence-corrected chi connectivity index (χ0v) is 16.6. The zero-order valence-electron chi connectivity index (χ0n) is 16.6. The quantitative estimate of drug-likeness (QED) is 0.271. The molecule has 0 rings (SSSR count). The topological polar surface area (TPSA) is 61.4 Å². The van der Waals surface area contributed by atoms with Crippen LogP contribution in [0.15, 0.2) is 4.99 Å². The molecule has 1 unspecified atom stereocenters. The predicted molar refractivity (Wildman–Crippen MR) is 102 cm³/mol. The predicted octanol–water partition coefficient (Wildman–Crippen LogP) is 0.477. The highest BCUT2D eigenvalue weighted by molar-refractivity contribution is 5.79. The molecular formula is C17H39N5O2. The Bertz CT molecular complexity index is 313. The fourth-order valence-corrected chi connectivity index (χ4v) is 2.27. The van der Waals surface area contributed by atoms with Crippen LogP contribution < -0.4 is 10.6 Å². The highest BCUT2D eigenvalue weighted by Crippen LogP contribution is 1.98. The Balaban J connectivity index is 3.99. The average molecular weight is 346 g/mol. The van der Waals surface area contributed by atoms with Gasteiger partial charge in [-0.05, 0) is 40.9 Å². The molecule has 0 bridgehead atoms. The van der Waals surface area contributed by atoms with Crippen molar-refractivity contribution >= 4 is 5.96 Å². The van der Waals surface area contributed by atoms with Gasteiger partial charge in [0.2, 0.25) is 0 Å². The minimum absolute atomic E-state index is 0.202. The van der Waals surface area contributed by atoms with Gasteiger partial charge in [-0.15, -0.1) is 0 Å². The van der Waals surface area contributed by atoms with E-state index in [4.69, 9.17) is 9.47 Å². The van der Waals surface area contributed by atoms with Gasteiger partial charge in [-0.25, -0.2) is 0 Å². The number of ether oxygens (including phenoxy) is 2. The Kier molecular flexibility index (Phi) is 15.0. The molecule has 0 fully saturated rings. The van der Waals surface area contributed by atoms with Crippen molar-refractivity contribution in [1.29, 1.82) is 0 Å². The third kappa shape index (κ3) is 13.5. The van der Waals surface area contributed by atoms with Crippen molar-refractivity contribution in [3.05, 3.63) is 0 Å². The maximum Gasteiger partial charge on any atom is 0.191 e. The minimum Gasteiger partial charge on any atom is -0.385 e. The summed E-state index contributed by atoms with van der Waals surface area (Å²) in [4.78, 5) is 8.75. The van der Waals surface area contributed by atoms with Crippen molar-refractivity contribution < 1.29 is 9.47 Å². The second-order valence-electron chi connectivity index (χ2n) is 6.20. The maximum atomic E-state index is 5.79. The Morgan fingerprint density at radius 2 is 1.88 bits per heavy atom. The fraction of sp³-hybridized carbons (Fsp3) is 0.941. The fourth-order valence-electron chi connectivity index (χ4n) is 2.27. The highest BCUT2D eigenvalue weighted by Gasteiger charge is 2.10. The molecule has 0 heterocycles. The van der Waals surface area contributed by atoms with Gasteiger partial charge in [-0.2, -0.15) is 0 Å². The maximum absolute atomic E-state index is 5.79. The Morgan fingerprint density at radius 1 is 1.12 bits per heavy atom. The molecule has 7 nitrogen and oxygen atoms in total. The summed E-state index contributed by atoms with van der Waals surface area (Å²) in [5, 5.41) is 6.71. The lowest BCUT2D eigenvalue weighted by Gasteiger charge is -2.22. The van der Waals surface area contributed by atoms with Gasteiger partial charge >= 0.3 is 0 Å². The van der Waals surface area contributed by atoms with E-state index >= 15 is 0 Å². The average Bonchev–Trinajstić information content (AvgIpc) is 2.55. The summed E-state index contributed by atoms with van der Waals surface area (Å²) < 4.78 is 10.9. The van der Waals surface area contributed by atoms with Crippen molar-refractivity contribution in [2.75, 3.05) is 81.2 Å². The number of nitrogens with zero attached hydrogens (tertiary/aromatic N) is 3. The van der Waals surface area contributed by atoms with Gasteiger partial charge < -0.3 is 29.9 Å². The molecule has 0 saturated heterocycles. The summed E-state index contributed by atoms with van der Waals surface area (Å²) in [6, 6.07) is 0. The van der Waals surface area contributed by atoms with Crippen molar-refractivity contribution in [2.24, 2.45) is 4.99 Å². The monoisotopic (exact) mass is 345 g/mol. The molecule has 0 aromatic rings. The Labute approximate surface area is 148 Å². The van der Waals surface area contributed by atoms with E-state index in [0.717, 1.165) is 64.7 Å². The number of hydrogen-bond donors (Lipinski definition) is 2. The van der Waals surface area contributed by atoms with Crippen LogP contribution in [0.25, 0.3) is 0 Å². The van der Waals surface area contributed by atoms with Crippen molar-refractivity contribution in [3.8, 4) is 0 Å². The van der Waals surface area contributed by atoms with Crippen LogP contribution in [0, 0.1) is 0 Å². The molecule has 24 heavy (non-hydrogen) atoms. The summed E-state index contributed by atoms with van der Waals surface area (Å²) >= 11 is 0. The molecule has 0 aliphatic carbocycles. The number of aliphatic imine (C=N–C) groups is 1. The van der Waals surface area contributed by atoms with Gasteiger partial charge in [-0.1, -0.05) is 0 Å². The molecule has 0 aliphatic rings. The summed E-state index contributed by atoms with van der Waals surface area (Å²) in [6.45, 7) is 8.24. The van der Waals surface area contributed by atoms with Crippen LogP contribution in [0.5, 0.6) is 0 Å². The van der Waals surface area contributed by atoms with E-state index in [-0.39, 0.29) is 6.10 Å². The first-order valence-corrected chi connectivity index (χ1v) is 8.91. The molecule has 0 aromatic carbocycles. The third-order valence-electron chi connectivity index (χ3n) is 3.70. The molecule has 0 aromatic heterocycles. The zero-order chi connectivity index (χ0) is 18.2. The molecule has 0 radical (unpaired) electrons. The molecule has 0 amide bonds. The molecule has 2 N–H and O–H groups in total. The summed E-state index contributed by atoms with van der Waals surface area (Å²) in [5.41, 5.74) is 0. The van der Waals surface area contributed by atoms with Crippen LogP contribution >= 0.6 is 0 Å². The Morgan fingerprint density at radius 3 is 2.46 bits per heavy atom. The van der Waals surface area contributed by atoms with Crippen LogP contribution in [0.3, 0.4) is 0 Å². The van der Waals surface area contributed by atoms with Crippen LogP contribution in [0.4, 0.5) is 0 Å². The van der Waals surface area contributed by atoms with E-state index in [9.17, 15) is 0 Å². The van der Waals surface area contributed by atoms with E-state index in [1.807, 2.05) is 6.92 Å². The van der Waals surface area contributed by atoms with Crippen molar-refractivity contribution in [1.82, 2.24) is 20.4 Å². The van der Waals surface area contributed by atoms with Gasteiger partial charge in [-0.3, -0.25) is 4.99 Å². The molecule has 0 aliphatic heterocycles. The van der Waals surface area contributed by atoms with Crippen LogP contribution in [-0.2, 0) is 9.47 Å². The molecule has 0 spiro atoms. The number of methoxy groups -OCH3 is 1. The number of hydrogen-bond acceptors (Lipinski definition) is 5. The van der Waals surface area contributed by atoms with Crippen LogP contribution in [0.2, 0.25) is 0 Å². The largest absolute Gasteiger partial charge is 0.385 e. The van der Waals surface area contributed by atoms with Crippen molar-refractivity contribution in [3.63, 3.8) is 0 Å². The minimum atomic E-state index is 0.202. The second-order valence-corrected chi connectivity index (χ2v) is 6.20. The van der Waals surface area contributed by atoms with Crippen LogP contribution in [0.1, 0.15) is 19.8 Å². The molecule has 7 heteroatoms. The van der Waals surface area contributed by atoms with Crippen molar-refractivity contribution in [2.45, 2.75) is 25.9 Å². The Hall–Kier alpha value is -0.890. The lowest BCUT2D eigenvalue weighted by Crippen LogP contribution is -2.44. The number of rotatable bonds is 14. The lowest BCUT2D eigenvalue weighted by molar-refractivity contribution is 0.0548. The SMILES string of the molecule is CCOC(CCN(C)C)CNC(=NC)NCCN(C)CCCOC. The lowest BCUT2D eigenvalue weighted by atomic mass is 10.2. The van der Waals surface area contributed by atoms with Gasteiger partial charge in [0.05, 0.1) is 6.10 Å². The second kappa shape index (κ2) is 15.6. The first-order valence-electron chi connectivity index (χ1n) is 8.91. The van der Waals surface area contributed by atoms with E-state index in [1.54, 1.807) is 14.2 Å². The van der Waals surface area contributed by atoms with Gasteiger partial charge in [0.1, 0.15) is 0 Å². The molecular weight excluding hydrogens is 306 g/mol. The van der Waals surface area contributed by atoms with Gasteiger partial charge in [0.15, 0.2) is 5.96 Å². The highest BCUT2D eigenvalue weighted by atomic mass is 16.5. The van der Waals surface area contributed by atoms with E-state index in [2.05, 4.69) is 46.6 Å². The first-order chi connectivity index (χ1) is 11.5. The third-order valence-corrected chi connectivity index (χ3v) is 3.70. The first kappa shape index (κ1) is 23.1.